The molecule has 0 radical (unpaired) electrons. The summed E-state index contributed by atoms with van der Waals surface area (Å²) in [7, 11) is -5.07. The summed E-state index contributed by atoms with van der Waals surface area (Å²) in [6.07, 6.45) is 1.87. The Bertz CT molecular complexity index is 1210. The second kappa shape index (κ2) is 8.00. The van der Waals surface area contributed by atoms with Crippen LogP contribution in [0.4, 0.5) is 0 Å². The normalized spacial score (nSPS) is 12.3. The Hall–Kier alpha value is -2.87. The number of carbonyl (C=O) groups excluding carboxylic acids is 2. The highest BCUT2D eigenvalue weighted by Gasteiger charge is 2.40. The van der Waals surface area contributed by atoms with Crippen LogP contribution in [0.5, 0.6) is 0 Å². The number of benzene rings is 4. The van der Waals surface area contributed by atoms with Crippen molar-refractivity contribution in [2.75, 3.05) is 0 Å². The van der Waals surface area contributed by atoms with Crippen molar-refractivity contribution in [3.05, 3.63) is 83.9 Å². The van der Waals surface area contributed by atoms with Crippen LogP contribution in [0.1, 0.15) is 20.7 Å². The second-order valence-electron chi connectivity index (χ2n) is 8.86. The van der Waals surface area contributed by atoms with E-state index >= 15 is 0 Å². The van der Waals surface area contributed by atoms with Crippen LogP contribution in [0.2, 0.25) is 26.2 Å². The number of fused-ring (bicyclic) bond motifs is 2. The summed E-state index contributed by atoms with van der Waals surface area (Å²) in [6.45, 7) is 8.62. The Kier molecular flexibility index (Phi) is 5.51. The van der Waals surface area contributed by atoms with Crippen LogP contribution in [0, 0.1) is 0 Å². The molecule has 156 valence electrons. The van der Waals surface area contributed by atoms with E-state index in [0.717, 1.165) is 44.5 Å². The maximum atomic E-state index is 12.0. The van der Waals surface area contributed by atoms with Gasteiger partial charge in [-0.3, -0.25) is 9.59 Å². The van der Waals surface area contributed by atoms with E-state index in [0.29, 0.717) is 11.1 Å². The predicted molar refractivity (Wildman–Crippen MR) is 134 cm³/mol. The number of hydrogen-bond donors (Lipinski definition) is 0. The highest BCUT2D eigenvalue weighted by Crippen LogP contribution is 2.25. The lowest BCUT2D eigenvalue weighted by Crippen LogP contribution is -2.59. The summed E-state index contributed by atoms with van der Waals surface area (Å²) in [5, 5.41) is 6.39. The third-order valence-corrected chi connectivity index (χ3v) is 13.5. The molecule has 4 aromatic rings. The van der Waals surface area contributed by atoms with Crippen LogP contribution in [0.15, 0.2) is 72.8 Å². The number of rotatable bonds is 6. The van der Waals surface area contributed by atoms with Crippen LogP contribution < -0.4 is 10.4 Å². The average molecular weight is 443 g/mol. The molecule has 0 unspecified atom stereocenters. The number of aldehydes is 2. The average Bonchev–Trinajstić information content (AvgIpc) is 2.76. The van der Waals surface area contributed by atoms with E-state index < -0.39 is 16.6 Å². The largest absolute Gasteiger partial charge is 0.449 e. The molecule has 3 nitrogen and oxygen atoms in total. The van der Waals surface area contributed by atoms with Gasteiger partial charge in [0.1, 0.15) is 12.6 Å². The number of carbonyl (C=O) groups is 2. The van der Waals surface area contributed by atoms with Crippen molar-refractivity contribution in [1.82, 2.24) is 0 Å². The van der Waals surface area contributed by atoms with Crippen molar-refractivity contribution in [3.8, 4) is 0 Å². The Balaban J connectivity index is 1.90. The molecule has 4 aromatic carbocycles. The first-order valence-electron chi connectivity index (χ1n) is 10.4. The highest BCUT2D eigenvalue weighted by atomic mass is 28.4. The van der Waals surface area contributed by atoms with Gasteiger partial charge in [0.2, 0.25) is 16.6 Å². The highest BCUT2D eigenvalue weighted by molar-refractivity contribution is 6.99. The molecule has 0 aromatic heterocycles. The lowest BCUT2D eigenvalue weighted by molar-refractivity contribution is 0.111. The Morgan fingerprint density at radius 2 is 0.968 bits per heavy atom. The monoisotopic (exact) mass is 442 g/mol. The molecule has 0 aliphatic heterocycles. The van der Waals surface area contributed by atoms with E-state index in [9.17, 15) is 9.59 Å². The molecule has 0 fully saturated rings. The Morgan fingerprint density at radius 3 is 1.35 bits per heavy atom. The van der Waals surface area contributed by atoms with Crippen LogP contribution in [0.3, 0.4) is 0 Å². The van der Waals surface area contributed by atoms with Gasteiger partial charge in [-0.2, -0.15) is 0 Å². The molecule has 31 heavy (non-hydrogen) atoms. The van der Waals surface area contributed by atoms with Crippen molar-refractivity contribution in [2.24, 2.45) is 0 Å². The summed E-state index contributed by atoms with van der Waals surface area (Å²) in [6, 6.07) is 24.1. The van der Waals surface area contributed by atoms with Crippen LogP contribution >= 0.6 is 0 Å². The van der Waals surface area contributed by atoms with E-state index in [1.165, 1.54) is 0 Å². The van der Waals surface area contributed by atoms with Crippen LogP contribution in [0.25, 0.3) is 21.5 Å². The van der Waals surface area contributed by atoms with E-state index in [2.05, 4.69) is 50.5 Å². The van der Waals surface area contributed by atoms with Gasteiger partial charge in [0, 0.05) is 11.1 Å². The fourth-order valence-corrected chi connectivity index (χ4v) is 14.2. The maximum Gasteiger partial charge on any atom is 0.207 e. The molecule has 4 rings (SSSR count). The Morgan fingerprint density at radius 1 is 0.581 bits per heavy atom. The molecule has 0 atom stereocenters. The zero-order chi connectivity index (χ0) is 22.2. The summed E-state index contributed by atoms with van der Waals surface area (Å²) < 4.78 is 7.06. The molecule has 5 heteroatoms. The maximum absolute atomic E-state index is 12.0. The smallest absolute Gasteiger partial charge is 0.207 e. The van der Waals surface area contributed by atoms with Gasteiger partial charge in [-0.25, -0.2) is 0 Å². The molecule has 0 amide bonds. The molecule has 0 aliphatic rings. The van der Waals surface area contributed by atoms with Gasteiger partial charge in [-0.05, 0) is 58.1 Å². The third-order valence-electron chi connectivity index (χ3n) is 5.89. The minimum absolute atomic E-state index is 0.689. The number of hydrogen-bond acceptors (Lipinski definition) is 3. The first-order valence-corrected chi connectivity index (χ1v) is 16.2. The fourth-order valence-electron chi connectivity index (χ4n) is 4.86. The molecule has 0 N–H and O–H groups in total. The fraction of sp³-hybridized carbons (Fsp3) is 0.154. The molecular weight excluding hydrogens is 416 g/mol. The summed E-state index contributed by atoms with van der Waals surface area (Å²) in [5.74, 6) is 0. The summed E-state index contributed by atoms with van der Waals surface area (Å²) in [4.78, 5) is 23.9. The topological polar surface area (TPSA) is 43.4 Å². The second-order valence-corrected chi connectivity index (χ2v) is 16.7. The van der Waals surface area contributed by atoms with Crippen molar-refractivity contribution < 1.29 is 13.7 Å². The SMILES string of the molecule is C[Si](C)(O[Si](C)(C)c1c(C=O)ccc2ccccc12)c1c(C=O)ccc2ccccc12. The quantitative estimate of drug-likeness (QED) is 0.306. The van der Waals surface area contributed by atoms with Gasteiger partial charge in [0.25, 0.3) is 0 Å². The van der Waals surface area contributed by atoms with Gasteiger partial charge in [-0.1, -0.05) is 72.8 Å². The lowest BCUT2D eigenvalue weighted by Gasteiger charge is -2.37. The van der Waals surface area contributed by atoms with E-state index in [4.69, 9.17) is 4.12 Å². The Labute approximate surface area is 184 Å². The minimum atomic E-state index is -2.54. The van der Waals surface area contributed by atoms with Crippen LogP contribution in [-0.2, 0) is 4.12 Å². The zero-order valence-corrected chi connectivity index (χ0v) is 20.3. The van der Waals surface area contributed by atoms with E-state index in [1.54, 1.807) is 0 Å². The van der Waals surface area contributed by atoms with Gasteiger partial charge in [-0.15, -0.1) is 0 Å². The van der Waals surface area contributed by atoms with Crippen molar-refractivity contribution >= 4 is 61.1 Å². The van der Waals surface area contributed by atoms with Crippen LogP contribution in [-0.4, -0.2) is 29.2 Å². The summed E-state index contributed by atoms with van der Waals surface area (Å²) >= 11 is 0. The zero-order valence-electron chi connectivity index (χ0n) is 18.3. The lowest BCUT2D eigenvalue weighted by atomic mass is 10.1. The van der Waals surface area contributed by atoms with Gasteiger partial charge >= 0.3 is 0 Å². The van der Waals surface area contributed by atoms with Crippen molar-refractivity contribution in [1.29, 1.82) is 0 Å². The third kappa shape index (κ3) is 3.80. The van der Waals surface area contributed by atoms with Crippen molar-refractivity contribution in [3.63, 3.8) is 0 Å². The molecule has 0 saturated heterocycles. The van der Waals surface area contributed by atoms with E-state index in [-0.39, 0.29) is 0 Å². The molecule has 0 spiro atoms. The standard InChI is InChI=1S/C26H26O3Si2/c1-30(2,25-21(17-27)15-13-19-9-5-7-11-23(19)25)29-31(3,4)26-22(18-28)16-14-20-10-6-8-12-24(20)26/h5-18H,1-4H3. The van der Waals surface area contributed by atoms with Gasteiger partial charge in [0.05, 0.1) is 0 Å². The predicted octanol–water partition coefficient (Wildman–Crippen LogP) is 5.16. The summed E-state index contributed by atoms with van der Waals surface area (Å²) in [5.41, 5.74) is 1.38. The molecular formula is C26H26O3Si2. The van der Waals surface area contributed by atoms with Gasteiger partial charge < -0.3 is 4.12 Å². The first-order chi connectivity index (χ1) is 14.8. The van der Waals surface area contributed by atoms with Gasteiger partial charge in [0.15, 0.2) is 0 Å². The molecule has 0 saturated carbocycles. The first kappa shape index (κ1) is 21.4. The van der Waals surface area contributed by atoms with E-state index in [1.807, 2.05) is 48.5 Å². The van der Waals surface area contributed by atoms with Crippen molar-refractivity contribution in [2.45, 2.75) is 26.2 Å². The molecule has 0 aliphatic carbocycles. The minimum Gasteiger partial charge on any atom is -0.449 e. The molecule has 0 heterocycles. The molecule has 0 bridgehead atoms.